The minimum atomic E-state index is -4.02. The Hall–Kier alpha value is -3.35. The van der Waals surface area contributed by atoms with Crippen LogP contribution < -0.4 is 14.8 Å². The molecule has 5 rings (SSSR count). The Bertz CT molecular complexity index is 1570. The van der Waals surface area contributed by atoms with E-state index in [9.17, 15) is 18.0 Å². The Kier molecular flexibility index (Phi) is 10.7. The number of rotatable bonds is 11. The lowest BCUT2D eigenvalue weighted by molar-refractivity contribution is -0.131. The van der Waals surface area contributed by atoms with Crippen LogP contribution in [0.25, 0.3) is 0 Å². The molecule has 2 heterocycles. The molecule has 13 heteroatoms. The van der Waals surface area contributed by atoms with E-state index in [2.05, 4.69) is 19.8 Å². The van der Waals surface area contributed by atoms with Gasteiger partial charge in [-0.1, -0.05) is 35.3 Å². The number of likely N-dealkylation sites (tertiary alicyclic amines) is 1. The number of para-hydroxylation sites is 2. The number of sulfonamides is 1. The van der Waals surface area contributed by atoms with Gasteiger partial charge in [-0.3, -0.25) is 19.2 Å². The van der Waals surface area contributed by atoms with Crippen molar-refractivity contribution in [2.45, 2.75) is 17.7 Å². The molecule has 0 aromatic heterocycles. The minimum Gasteiger partial charge on any atom is -0.454 e. The second-order valence-electron chi connectivity index (χ2n) is 10.8. The van der Waals surface area contributed by atoms with Crippen molar-refractivity contribution in [1.82, 2.24) is 20.0 Å². The quantitative estimate of drug-likeness (QED) is 0.311. The molecule has 44 heavy (non-hydrogen) atoms. The molecule has 3 aromatic carbocycles. The fourth-order valence-electron chi connectivity index (χ4n) is 5.19. The average molecular weight is 661 g/mol. The summed E-state index contributed by atoms with van der Waals surface area (Å²) in [4.78, 5) is 32.0. The average Bonchev–Trinajstić information content (AvgIpc) is 3.55. The molecule has 234 valence electrons. The van der Waals surface area contributed by atoms with Crippen molar-refractivity contribution in [2.24, 2.45) is 0 Å². The predicted octanol–water partition coefficient (Wildman–Crippen LogP) is 4.56. The largest absolute Gasteiger partial charge is 0.454 e. The smallest absolute Gasteiger partial charge is 0.262 e. The monoisotopic (exact) mass is 659 g/mol. The van der Waals surface area contributed by atoms with Gasteiger partial charge in [-0.15, -0.1) is 0 Å². The number of nitrogens with one attached hydrogen (secondary N) is 2. The first-order chi connectivity index (χ1) is 21.2. The van der Waals surface area contributed by atoms with Gasteiger partial charge < -0.3 is 19.9 Å². The summed E-state index contributed by atoms with van der Waals surface area (Å²) in [6.07, 6.45) is 2.56. The van der Waals surface area contributed by atoms with Gasteiger partial charge in [0, 0.05) is 49.9 Å². The molecule has 0 spiro atoms. The van der Waals surface area contributed by atoms with Gasteiger partial charge in [0.2, 0.25) is 5.91 Å². The van der Waals surface area contributed by atoms with Crippen molar-refractivity contribution in [3.8, 4) is 11.5 Å². The lowest BCUT2D eigenvalue weighted by Gasteiger charge is -2.35. The van der Waals surface area contributed by atoms with E-state index in [-0.39, 0.29) is 39.4 Å². The number of amides is 2. The Morgan fingerprint density at radius 1 is 0.795 bits per heavy atom. The third-order valence-corrected chi connectivity index (χ3v) is 9.64. The van der Waals surface area contributed by atoms with E-state index in [1.54, 1.807) is 41.3 Å². The molecule has 0 radical (unpaired) electrons. The van der Waals surface area contributed by atoms with E-state index in [0.29, 0.717) is 23.9 Å². The highest BCUT2D eigenvalue weighted by Crippen LogP contribution is 2.35. The van der Waals surface area contributed by atoms with Gasteiger partial charge in [0.05, 0.1) is 22.2 Å². The molecule has 0 unspecified atom stereocenters. The van der Waals surface area contributed by atoms with E-state index >= 15 is 0 Å². The number of ether oxygens (including phenoxy) is 1. The van der Waals surface area contributed by atoms with Gasteiger partial charge in [-0.05, 0) is 80.5 Å². The Balaban J connectivity index is 1.11. The summed E-state index contributed by atoms with van der Waals surface area (Å²) in [7, 11) is -4.02. The first kappa shape index (κ1) is 32.1. The molecule has 2 amide bonds. The molecular weight excluding hydrogens is 625 g/mol. The number of carbonyl (C=O) groups is 2. The molecule has 3 aromatic rings. The molecule has 2 aliphatic heterocycles. The Labute approximate surface area is 267 Å². The summed E-state index contributed by atoms with van der Waals surface area (Å²) in [5.74, 6) is -0.0454. The second kappa shape index (κ2) is 14.6. The van der Waals surface area contributed by atoms with E-state index in [1.807, 2.05) is 0 Å². The maximum atomic E-state index is 13.2. The van der Waals surface area contributed by atoms with Gasteiger partial charge >= 0.3 is 0 Å². The van der Waals surface area contributed by atoms with Crippen LogP contribution in [0.4, 0.5) is 5.69 Å². The number of benzene rings is 3. The van der Waals surface area contributed by atoms with E-state index in [0.717, 1.165) is 26.2 Å². The van der Waals surface area contributed by atoms with Gasteiger partial charge in [0.1, 0.15) is 5.75 Å². The zero-order chi connectivity index (χ0) is 31.1. The molecule has 0 aliphatic carbocycles. The summed E-state index contributed by atoms with van der Waals surface area (Å²) >= 11 is 12.2. The Morgan fingerprint density at radius 2 is 1.45 bits per heavy atom. The molecule has 2 fully saturated rings. The number of nitrogens with zero attached hydrogens (tertiary/aromatic N) is 3. The molecule has 2 saturated heterocycles. The minimum absolute atomic E-state index is 0.0490. The van der Waals surface area contributed by atoms with Crippen LogP contribution in [0.2, 0.25) is 10.0 Å². The third-order valence-electron chi connectivity index (χ3n) is 7.73. The number of halogens is 2. The highest BCUT2D eigenvalue weighted by atomic mass is 35.5. The zero-order valence-electron chi connectivity index (χ0n) is 24.2. The fourth-order valence-corrected chi connectivity index (χ4v) is 6.70. The molecule has 2 N–H and O–H groups in total. The third kappa shape index (κ3) is 8.42. The first-order valence-electron chi connectivity index (χ1n) is 14.5. The lowest BCUT2D eigenvalue weighted by atomic mass is 10.2. The fraction of sp³-hybridized carbons (Fsp3) is 0.355. The standard InChI is InChI=1S/C31H35Cl2N5O5S/c32-24-9-12-28(26(33)21-24)43-29-6-2-1-5-27(29)35-44(41,42)25-10-7-23(8-11-25)31(40)34-22-30(39)38-19-17-37(18-20-38)16-15-36-13-3-4-14-36/h1-2,5-12,21,35H,3-4,13-20,22H2,(H,34,40). The number of hydrogen-bond acceptors (Lipinski definition) is 7. The van der Waals surface area contributed by atoms with Gasteiger partial charge in [0.25, 0.3) is 15.9 Å². The molecule has 0 atom stereocenters. The second-order valence-corrected chi connectivity index (χ2v) is 13.3. The zero-order valence-corrected chi connectivity index (χ0v) is 26.5. The number of piperazine rings is 1. The van der Waals surface area contributed by atoms with Crippen LogP contribution in [0.1, 0.15) is 23.2 Å². The number of hydrogen-bond donors (Lipinski definition) is 2. The summed E-state index contributed by atoms with van der Waals surface area (Å²) in [5.41, 5.74) is 0.441. The highest BCUT2D eigenvalue weighted by Gasteiger charge is 2.23. The number of anilines is 1. The van der Waals surface area contributed by atoms with Crippen LogP contribution >= 0.6 is 23.2 Å². The van der Waals surface area contributed by atoms with Crippen LogP contribution in [-0.4, -0.2) is 93.8 Å². The summed E-state index contributed by atoms with van der Waals surface area (Å²) in [6, 6.07) is 16.7. The topological polar surface area (TPSA) is 111 Å². The number of carbonyl (C=O) groups excluding carboxylic acids is 2. The van der Waals surface area contributed by atoms with Crippen LogP contribution in [0, 0.1) is 0 Å². The molecule has 10 nitrogen and oxygen atoms in total. The van der Waals surface area contributed by atoms with E-state index in [1.165, 1.54) is 56.3 Å². The maximum absolute atomic E-state index is 13.2. The molecule has 0 saturated carbocycles. The van der Waals surface area contributed by atoms with Crippen molar-refractivity contribution in [1.29, 1.82) is 0 Å². The van der Waals surface area contributed by atoms with Crippen molar-refractivity contribution in [3.63, 3.8) is 0 Å². The Morgan fingerprint density at radius 3 is 2.14 bits per heavy atom. The van der Waals surface area contributed by atoms with Crippen molar-refractivity contribution < 1.29 is 22.7 Å². The molecule has 0 bridgehead atoms. The van der Waals surface area contributed by atoms with Crippen molar-refractivity contribution in [2.75, 3.05) is 63.6 Å². The van der Waals surface area contributed by atoms with Gasteiger partial charge in [-0.25, -0.2) is 8.42 Å². The van der Waals surface area contributed by atoms with Crippen LogP contribution in [-0.2, 0) is 14.8 Å². The first-order valence-corrected chi connectivity index (χ1v) is 16.8. The van der Waals surface area contributed by atoms with E-state index in [4.69, 9.17) is 27.9 Å². The normalized spacial score (nSPS) is 16.1. The van der Waals surface area contributed by atoms with Crippen molar-refractivity contribution in [3.05, 3.63) is 82.3 Å². The molecule has 2 aliphatic rings. The SMILES string of the molecule is O=C(NCC(=O)N1CCN(CCN2CCCC2)CC1)c1ccc(S(=O)(=O)Nc2ccccc2Oc2ccc(Cl)cc2Cl)cc1. The highest BCUT2D eigenvalue weighted by molar-refractivity contribution is 7.92. The van der Waals surface area contributed by atoms with Gasteiger partial charge in [-0.2, -0.15) is 0 Å². The molecular formula is C31H35Cl2N5O5S. The van der Waals surface area contributed by atoms with Crippen LogP contribution in [0.3, 0.4) is 0 Å². The van der Waals surface area contributed by atoms with Gasteiger partial charge in [0.15, 0.2) is 5.75 Å². The predicted molar refractivity (Wildman–Crippen MR) is 171 cm³/mol. The summed E-state index contributed by atoms with van der Waals surface area (Å²) in [5, 5.41) is 3.37. The van der Waals surface area contributed by atoms with Crippen molar-refractivity contribution >= 4 is 50.7 Å². The maximum Gasteiger partial charge on any atom is 0.262 e. The summed E-state index contributed by atoms with van der Waals surface area (Å²) < 4.78 is 34.7. The summed E-state index contributed by atoms with van der Waals surface area (Å²) in [6.45, 7) is 7.23. The van der Waals surface area contributed by atoms with Crippen LogP contribution in [0.5, 0.6) is 11.5 Å². The lowest BCUT2D eigenvalue weighted by Crippen LogP contribution is -2.52. The van der Waals surface area contributed by atoms with Crippen LogP contribution in [0.15, 0.2) is 71.6 Å². The van der Waals surface area contributed by atoms with E-state index < -0.39 is 15.9 Å².